The Morgan fingerprint density at radius 3 is 2.12 bits per heavy atom. The molecule has 4 heteroatoms. The molecular weight excluding hydrogens is 218 g/mol. The Hall–Kier alpha value is -0.160. The maximum Gasteiger partial charge on any atom is 0.158 e. The van der Waals surface area contributed by atoms with Gasteiger partial charge in [-0.1, -0.05) is 13.8 Å². The van der Waals surface area contributed by atoms with Crippen LogP contribution in [0.1, 0.15) is 34.1 Å². The lowest BCUT2D eigenvalue weighted by Gasteiger charge is -2.49. The quantitative estimate of drug-likeness (QED) is 0.658. The lowest BCUT2D eigenvalue weighted by molar-refractivity contribution is -0.160. The summed E-state index contributed by atoms with van der Waals surface area (Å²) >= 11 is 0. The van der Waals surface area contributed by atoms with E-state index < -0.39 is 5.60 Å². The fourth-order valence-electron chi connectivity index (χ4n) is 2.13. The molecule has 1 saturated heterocycles. The van der Waals surface area contributed by atoms with E-state index in [9.17, 15) is 5.11 Å². The van der Waals surface area contributed by atoms with Gasteiger partial charge >= 0.3 is 0 Å². The molecule has 0 bridgehead atoms. The van der Waals surface area contributed by atoms with Gasteiger partial charge in [0, 0.05) is 39.3 Å². The number of nitrogens with zero attached hydrogens (tertiary/aromatic N) is 1. The molecule has 0 amide bonds. The summed E-state index contributed by atoms with van der Waals surface area (Å²) in [6.45, 7) is 11.9. The lowest BCUT2D eigenvalue weighted by Crippen LogP contribution is -2.64. The van der Waals surface area contributed by atoms with Crippen molar-refractivity contribution < 1.29 is 14.6 Å². The molecule has 102 valence electrons. The zero-order valence-electron chi connectivity index (χ0n) is 11.6. The van der Waals surface area contributed by atoms with Crippen molar-refractivity contribution in [2.75, 3.05) is 32.8 Å². The Morgan fingerprint density at radius 1 is 1.18 bits per heavy atom. The Kier molecular flexibility index (Phi) is 5.86. The van der Waals surface area contributed by atoms with Crippen molar-refractivity contribution >= 4 is 0 Å². The van der Waals surface area contributed by atoms with Gasteiger partial charge in [0.05, 0.1) is 5.60 Å². The molecule has 0 spiro atoms. The lowest BCUT2D eigenvalue weighted by atomic mass is 9.83. The molecule has 0 aromatic rings. The second kappa shape index (κ2) is 6.69. The monoisotopic (exact) mass is 245 g/mol. The van der Waals surface area contributed by atoms with Crippen LogP contribution in [0.2, 0.25) is 0 Å². The van der Waals surface area contributed by atoms with Gasteiger partial charge in [0.25, 0.3) is 0 Å². The molecule has 1 N–H and O–H groups in total. The van der Waals surface area contributed by atoms with Crippen LogP contribution in [0.25, 0.3) is 0 Å². The molecular formula is C13H27NO3. The first-order valence-corrected chi connectivity index (χ1v) is 6.69. The van der Waals surface area contributed by atoms with Crippen LogP contribution < -0.4 is 0 Å². The number of rotatable bonds is 8. The number of β-amino-alcohol motifs (C(OH)–C–C–N with tert-alkyl or cyclic N) is 1. The predicted octanol–water partition coefficient (Wildman–Crippen LogP) is 1.48. The van der Waals surface area contributed by atoms with Crippen molar-refractivity contribution in [3.63, 3.8) is 0 Å². The van der Waals surface area contributed by atoms with Crippen LogP contribution in [-0.2, 0) is 9.47 Å². The SMILES string of the molecule is CCOC(CCN1CC(O)(C(C)C)C1)OCC. The van der Waals surface area contributed by atoms with Gasteiger partial charge < -0.3 is 14.6 Å². The van der Waals surface area contributed by atoms with E-state index in [-0.39, 0.29) is 6.29 Å². The first kappa shape index (κ1) is 14.9. The zero-order chi connectivity index (χ0) is 12.9. The summed E-state index contributed by atoms with van der Waals surface area (Å²) < 4.78 is 11.0. The number of likely N-dealkylation sites (tertiary alicyclic amines) is 1. The smallest absolute Gasteiger partial charge is 0.158 e. The number of aliphatic hydroxyl groups is 1. The van der Waals surface area contributed by atoms with E-state index >= 15 is 0 Å². The van der Waals surface area contributed by atoms with E-state index in [0.717, 1.165) is 26.1 Å². The molecule has 1 aliphatic heterocycles. The highest BCUT2D eigenvalue weighted by Crippen LogP contribution is 2.28. The van der Waals surface area contributed by atoms with Crippen LogP contribution in [0.4, 0.5) is 0 Å². The van der Waals surface area contributed by atoms with Crippen molar-refractivity contribution in [2.45, 2.75) is 46.0 Å². The van der Waals surface area contributed by atoms with Gasteiger partial charge in [-0.15, -0.1) is 0 Å². The van der Waals surface area contributed by atoms with E-state index in [0.29, 0.717) is 19.1 Å². The molecule has 1 aliphatic rings. The summed E-state index contributed by atoms with van der Waals surface area (Å²) in [6, 6.07) is 0. The minimum Gasteiger partial charge on any atom is -0.387 e. The Bertz CT molecular complexity index is 209. The minimum atomic E-state index is -0.479. The Balaban J connectivity index is 2.19. The highest BCUT2D eigenvalue weighted by atomic mass is 16.7. The first-order valence-electron chi connectivity index (χ1n) is 6.69. The topological polar surface area (TPSA) is 41.9 Å². The molecule has 0 radical (unpaired) electrons. The summed E-state index contributed by atoms with van der Waals surface area (Å²) in [6.07, 6.45) is 0.772. The average molecular weight is 245 g/mol. The van der Waals surface area contributed by atoms with E-state index in [1.807, 2.05) is 13.8 Å². The molecule has 0 aliphatic carbocycles. The van der Waals surface area contributed by atoms with Gasteiger partial charge in [-0.3, -0.25) is 4.90 Å². The third-order valence-corrected chi connectivity index (χ3v) is 3.46. The number of hydrogen-bond donors (Lipinski definition) is 1. The van der Waals surface area contributed by atoms with E-state index in [1.54, 1.807) is 0 Å². The number of hydrogen-bond acceptors (Lipinski definition) is 4. The molecule has 17 heavy (non-hydrogen) atoms. The molecule has 1 rings (SSSR count). The third kappa shape index (κ3) is 4.21. The molecule has 0 atom stereocenters. The normalized spacial score (nSPS) is 19.9. The van der Waals surface area contributed by atoms with Gasteiger partial charge in [0.2, 0.25) is 0 Å². The standard InChI is InChI=1S/C13H27NO3/c1-5-16-12(17-6-2)7-8-14-9-13(15,10-14)11(3)4/h11-12,15H,5-10H2,1-4H3. The second-order valence-electron chi connectivity index (χ2n) is 5.10. The molecule has 0 saturated carbocycles. The van der Waals surface area contributed by atoms with Crippen molar-refractivity contribution in [1.82, 2.24) is 4.90 Å². The molecule has 4 nitrogen and oxygen atoms in total. The van der Waals surface area contributed by atoms with Crippen LogP contribution >= 0.6 is 0 Å². The van der Waals surface area contributed by atoms with Crippen LogP contribution in [-0.4, -0.2) is 54.7 Å². The predicted molar refractivity (Wildman–Crippen MR) is 67.9 cm³/mol. The van der Waals surface area contributed by atoms with Crippen molar-refractivity contribution in [1.29, 1.82) is 0 Å². The maximum absolute atomic E-state index is 10.1. The maximum atomic E-state index is 10.1. The van der Waals surface area contributed by atoms with E-state index in [1.165, 1.54) is 0 Å². The van der Waals surface area contributed by atoms with E-state index in [4.69, 9.17) is 9.47 Å². The largest absolute Gasteiger partial charge is 0.387 e. The Morgan fingerprint density at radius 2 is 1.71 bits per heavy atom. The van der Waals surface area contributed by atoms with Crippen LogP contribution in [0.3, 0.4) is 0 Å². The van der Waals surface area contributed by atoms with Crippen molar-refractivity contribution in [3.8, 4) is 0 Å². The molecule has 1 fully saturated rings. The second-order valence-corrected chi connectivity index (χ2v) is 5.10. The zero-order valence-corrected chi connectivity index (χ0v) is 11.6. The van der Waals surface area contributed by atoms with Gasteiger partial charge in [0.15, 0.2) is 6.29 Å². The fourth-order valence-corrected chi connectivity index (χ4v) is 2.13. The van der Waals surface area contributed by atoms with Crippen LogP contribution in [0, 0.1) is 5.92 Å². The van der Waals surface area contributed by atoms with Crippen LogP contribution in [0.15, 0.2) is 0 Å². The highest BCUT2D eigenvalue weighted by Gasteiger charge is 2.43. The first-order chi connectivity index (χ1) is 8.01. The Labute approximate surface area is 105 Å². The molecule has 0 aromatic heterocycles. The summed E-state index contributed by atoms with van der Waals surface area (Å²) in [7, 11) is 0. The van der Waals surface area contributed by atoms with Gasteiger partial charge in [-0.05, 0) is 19.8 Å². The van der Waals surface area contributed by atoms with Crippen LogP contribution in [0.5, 0.6) is 0 Å². The fraction of sp³-hybridized carbons (Fsp3) is 1.00. The summed E-state index contributed by atoms with van der Waals surface area (Å²) in [4.78, 5) is 2.26. The van der Waals surface area contributed by atoms with Crippen molar-refractivity contribution in [3.05, 3.63) is 0 Å². The van der Waals surface area contributed by atoms with E-state index in [2.05, 4.69) is 18.7 Å². The number of ether oxygens (including phenoxy) is 2. The molecule has 1 heterocycles. The van der Waals surface area contributed by atoms with Gasteiger partial charge in [-0.2, -0.15) is 0 Å². The van der Waals surface area contributed by atoms with Gasteiger partial charge in [0.1, 0.15) is 0 Å². The summed E-state index contributed by atoms with van der Waals surface area (Å²) in [5, 5.41) is 10.1. The average Bonchev–Trinajstić information content (AvgIpc) is 2.22. The molecule has 0 unspecified atom stereocenters. The highest BCUT2D eigenvalue weighted by molar-refractivity contribution is 4.97. The van der Waals surface area contributed by atoms with Gasteiger partial charge in [-0.25, -0.2) is 0 Å². The minimum absolute atomic E-state index is 0.0993. The third-order valence-electron chi connectivity index (χ3n) is 3.46. The van der Waals surface area contributed by atoms with Crippen molar-refractivity contribution in [2.24, 2.45) is 5.92 Å². The summed E-state index contributed by atoms with van der Waals surface area (Å²) in [5.41, 5.74) is -0.479. The summed E-state index contributed by atoms with van der Waals surface area (Å²) in [5.74, 6) is 0.327. The molecule has 0 aromatic carbocycles.